The van der Waals surface area contributed by atoms with Gasteiger partial charge in [0.15, 0.2) is 0 Å². The van der Waals surface area contributed by atoms with Gasteiger partial charge in [0, 0.05) is 6.20 Å². The van der Waals surface area contributed by atoms with Crippen LogP contribution < -0.4 is 15.8 Å². The van der Waals surface area contributed by atoms with Crippen LogP contribution in [-0.2, 0) is 0 Å². The SMILES string of the molecule is Cc1cnc(C(=O)NCCOc2ccccc2N)cn1. The van der Waals surface area contributed by atoms with Crippen molar-refractivity contribution in [2.45, 2.75) is 6.92 Å². The third-order valence-corrected chi connectivity index (χ3v) is 2.58. The van der Waals surface area contributed by atoms with Gasteiger partial charge in [-0.3, -0.25) is 9.78 Å². The van der Waals surface area contributed by atoms with E-state index in [0.717, 1.165) is 5.69 Å². The second-order valence-corrected chi connectivity index (χ2v) is 4.19. The summed E-state index contributed by atoms with van der Waals surface area (Å²) in [7, 11) is 0. The van der Waals surface area contributed by atoms with Crippen molar-refractivity contribution in [2.75, 3.05) is 18.9 Å². The molecule has 0 aliphatic rings. The van der Waals surface area contributed by atoms with Crippen molar-refractivity contribution in [2.24, 2.45) is 0 Å². The van der Waals surface area contributed by atoms with Crippen LogP contribution in [0.25, 0.3) is 0 Å². The van der Waals surface area contributed by atoms with E-state index in [2.05, 4.69) is 15.3 Å². The molecule has 3 N–H and O–H groups in total. The van der Waals surface area contributed by atoms with Crippen LogP contribution in [0.4, 0.5) is 5.69 Å². The molecule has 0 bridgehead atoms. The first-order valence-corrected chi connectivity index (χ1v) is 6.21. The molecule has 2 aromatic rings. The minimum atomic E-state index is -0.276. The predicted octanol–water partition coefficient (Wildman–Crippen LogP) is 1.18. The van der Waals surface area contributed by atoms with Crippen LogP contribution in [-0.4, -0.2) is 29.0 Å². The van der Waals surface area contributed by atoms with Gasteiger partial charge in [-0.15, -0.1) is 0 Å². The molecule has 104 valence electrons. The second-order valence-electron chi connectivity index (χ2n) is 4.19. The Labute approximate surface area is 117 Å². The minimum Gasteiger partial charge on any atom is -0.490 e. The highest BCUT2D eigenvalue weighted by Crippen LogP contribution is 2.19. The number of nitrogen functional groups attached to an aromatic ring is 1. The highest BCUT2D eigenvalue weighted by molar-refractivity contribution is 5.91. The quantitative estimate of drug-likeness (QED) is 0.630. The van der Waals surface area contributed by atoms with E-state index in [-0.39, 0.29) is 11.6 Å². The fourth-order valence-corrected chi connectivity index (χ4v) is 1.54. The molecule has 1 aromatic carbocycles. The Morgan fingerprint density at radius 1 is 1.30 bits per heavy atom. The molecule has 0 radical (unpaired) electrons. The number of benzene rings is 1. The smallest absolute Gasteiger partial charge is 0.271 e. The molecule has 1 aromatic heterocycles. The van der Waals surface area contributed by atoms with Crippen LogP contribution in [0.1, 0.15) is 16.2 Å². The van der Waals surface area contributed by atoms with Gasteiger partial charge in [0.2, 0.25) is 0 Å². The van der Waals surface area contributed by atoms with E-state index in [9.17, 15) is 4.79 Å². The van der Waals surface area contributed by atoms with E-state index in [4.69, 9.17) is 10.5 Å². The van der Waals surface area contributed by atoms with E-state index >= 15 is 0 Å². The summed E-state index contributed by atoms with van der Waals surface area (Å²) in [5, 5.41) is 2.70. The zero-order chi connectivity index (χ0) is 14.4. The highest BCUT2D eigenvalue weighted by Gasteiger charge is 2.06. The van der Waals surface area contributed by atoms with Crippen LogP contribution in [0.3, 0.4) is 0 Å². The monoisotopic (exact) mass is 272 g/mol. The summed E-state index contributed by atoms with van der Waals surface area (Å²) in [6, 6.07) is 7.21. The zero-order valence-corrected chi connectivity index (χ0v) is 11.2. The Hall–Kier alpha value is -2.63. The average Bonchev–Trinajstić information content (AvgIpc) is 2.46. The van der Waals surface area contributed by atoms with Gasteiger partial charge < -0.3 is 15.8 Å². The lowest BCUT2D eigenvalue weighted by atomic mass is 10.3. The van der Waals surface area contributed by atoms with E-state index < -0.39 is 0 Å². The van der Waals surface area contributed by atoms with Crippen molar-refractivity contribution >= 4 is 11.6 Å². The first kappa shape index (κ1) is 13.8. The molecule has 0 saturated heterocycles. The number of aryl methyl sites for hydroxylation is 1. The lowest BCUT2D eigenvalue weighted by Crippen LogP contribution is -2.29. The fourth-order valence-electron chi connectivity index (χ4n) is 1.54. The number of nitrogens with two attached hydrogens (primary N) is 1. The van der Waals surface area contributed by atoms with Gasteiger partial charge in [-0.25, -0.2) is 4.98 Å². The Balaban J connectivity index is 1.77. The van der Waals surface area contributed by atoms with Gasteiger partial charge >= 0.3 is 0 Å². The molecule has 0 atom stereocenters. The first-order valence-electron chi connectivity index (χ1n) is 6.21. The Kier molecular flexibility index (Phi) is 4.49. The van der Waals surface area contributed by atoms with Gasteiger partial charge in [0.05, 0.1) is 24.1 Å². The number of amides is 1. The lowest BCUT2D eigenvalue weighted by molar-refractivity contribution is 0.0941. The fraction of sp³-hybridized carbons (Fsp3) is 0.214. The lowest BCUT2D eigenvalue weighted by Gasteiger charge is -2.09. The van der Waals surface area contributed by atoms with E-state index in [1.807, 2.05) is 19.1 Å². The molecular formula is C14H16N4O2. The Morgan fingerprint density at radius 2 is 2.10 bits per heavy atom. The molecule has 1 heterocycles. The van der Waals surface area contributed by atoms with E-state index in [1.165, 1.54) is 6.20 Å². The number of para-hydroxylation sites is 2. The molecule has 6 heteroatoms. The van der Waals surface area contributed by atoms with Crippen LogP contribution in [0.2, 0.25) is 0 Å². The number of carbonyl (C=O) groups excluding carboxylic acids is 1. The highest BCUT2D eigenvalue weighted by atomic mass is 16.5. The third kappa shape index (κ3) is 3.68. The van der Waals surface area contributed by atoms with Crippen LogP contribution >= 0.6 is 0 Å². The standard InChI is InChI=1S/C14H16N4O2/c1-10-8-18-12(9-17-10)14(19)16-6-7-20-13-5-3-2-4-11(13)15/h2-5,8-9H,6-7,15H2,1H3,(H,16,19). The van der Waals surface area contributed by atoms with Gasteiger partial charge in [-0.1, -0.05) is 12.1 Å². The molecule has 1 amide bonds. The molecule has 0 spiro atoms. The van der Waals surface area contributed by atoms with Gasteiger partial charge in [0.25, 0.3) is 5.91 Å². The number of aromatic nitrogens is 2. The summed E-state index contributed by atoms with van der Waals surface area (Å²) in [6.07, 6.45) is 3.00. The number of nitrogens with one attached hydrogen (secondary N) is 1. The third-order valence-electron chi connectivity index (χ3n) is 2.58. The summed E-state index contributed by atoms with van der Waals surface area (Å²) in [5.41, 5.74) is 7.36. The Morgan fingerprint density at radius 3 is 2.80 bits per heavy atom. The maximum absolute atomic E-state index is 11.7. The van der Waals surface area contributed by atoms with Crippen molar-refractivity contribution in [3.05, 3.63) is 48.0 Å². The maximum atomic E-state index is 11.7. The number of carbonyl (C=O) groups is 1. The summed E-state index contributed by atoms with van der Waals surface area (Å²) >= 11 is 0. The van der Waals surface area contributed by atoms with Crippen molar-refractivity contribution < 1.29 is 9.53 Å². The average molecular weight is 272 g/mol. The first-order chi connectivity index (χ1) is 9.66. The molecule has 0 aliphatic carbocycles. The van der Waals surface area contributed by atoms with Crippen LogP contribution in [0.5, 0.6) is 5.75 Å². The maximum Gasteiger partial charge on any atom is 0.271 e. The predicted molar refractivity (Wildman–Crippen MR) is 75.5 cm³/mol. The number of ether oxygens (including phenoxy) is 1. The number of hydrogen-bond acceptors (Lipinski definition) is 5. The van der Waals surface area contributed by atoms with Gasteiger partial charge in [-0.2, -0.15) is 0 Å². The van der Waals surface area contributed by atoms with Crippen molar-refractivity contribution in [1.29, 1.82) is 0 Å². The molecule has 0 unspecified atom stereocenters. The second kappa shape index (κ2) is 6.51. The molecule has 0 saturated carbocycles. The Bertz CT molecular complexity index is 584. The molecular weight excluding hydrogens is 256 g/mol. The van der Waals surface area contributed by atoms with Crippen molar-refractivity contribution in [1.82, 2.24) is 15.3 Å². The normalized spacial score (nSPS) is 10.1. The minimum absolute atomic E-state index is 0.276. The molecule has 20 heavy (non-hydrogen) atoms. The topological polar surface area (TPSA) is 90.1 Å². The summed E-state index contributed by atoms with van der Waals surface area (Å²) in [4.78, 5) is 19.8. The summed E-state index contributed by atoms with van der Waals surface area (Å²) < 4.78 is 5.47. The summed E-state index contributed by atoms with van der Waals surface area (Å²) in [6.45, 7) is 2.51. The summed E-state index contributed by atoms with van der Waals surface area (Å²) in [5.74, 6) is 0.332. The number of anilines is 1. The largest absolute Gasteiger partial charge is 0.490 e. The van der Waals surface area contributed by atoms with Crippen LogP contribution in [0, 0.1) is 6.92 Å². The molecule has 0 aliphatic heterocycles. The van der Waals surface area contributed by atoms with E-state index in [1.54, 1.807) is 18.3 Å². The zero-order valence-electron chi connectivity index (χ0n) is 11.2. The van der Waals surface area contributed by atoms with E-state index in [0.29, 0.717) is 24.6 Å². The van der Waals surface area contributed by atoms with Crippen LogP contribution in [0.15, 0.2) is 36.7 Å². The van der Waals surface area contributed by atoms with Crippen molar-refractivity contribution in [3.8, 4) is 5.75 Å². The van der Waals surface area contributed by atoms with Gasteiger partial charge in [-0.05, 0) is 19.1 Å². The molecule has 6 nitrogen and oxygen atoms in total. The molecule has 0 fully saturated rings. The van der Waals surface area contributed by atoms with Crippen molar-refractivity contribution in [3.63, 3.8) is 0 Å². The van der Waals surface area contributed by atoms with Gasteiger partial charge in [0.1, 0.15) is 18.1 Å². The molecule has 2 rings (SSSR count). The number of nitrogens with zero attached hydrogens (tertiary/aromatic N) is 2. The number of rotatable bonds is 5. The number of hydrogen-bond donors (Lipinski definition) is 2.